The van der Waals surface area contributed by atoms with E-state index in [0.717, 1.165) is 0 Å². The molecule has 0 aromatic heterocycles. The van der Waals surface area contributed by atoms with Crippen molar-refractivity contribution in [2.75, 3.05) is 5.32 Å². The average Bonchev–Trinajstić information content (AvgIpc) is 2.77. The first kappa shape index (κ1) is 22.0. The number of benzene rings is 3. The van der Waals surface area contributed by atoms with Crippen molar-refractivity contribution in [2.45, 2.75) is 0 Å². The number of amides is 2. The topological polar surface area (TPSA) is 96.9 Å². The second-order valence-electron chi connectivity index (χ2n) is 6.13. The highest BCUT2D eigenvalue weighted by molar-refractivity contribution is 6.39. The number of hydrazone groups is 1. The van der Waals surface area contributed by atoms with Crippen LogP contribution in [0.25, 0.3) is 0 Å². The first-order valence-corrected chi connectivity index (χ1v) is 9.64. The first-order chi connectivity index (χ1) is 14.9. The van der Waals surface area contributed by atoms with Crippen molar-refractivity contribution in [3.8, 4) is 5.75 Å². The Morgan fingerprint density at radius 2 is 1.35 bits per heavy atom. The molecule has 9 heteroatoms. The van der Waals surface area contributed by atoms with Gasteiger partial charge in [-0.2, -0.15) is 5.10 Å². The number of hydrogen-bond acceptors (Lipinski definition) is 5. The summed E-state index contributed by atoms with van der Waals surface area (Å²) in [5.41, 5.74) is 3.55. The van der Waals surface area contributed by atoms with E-state index in [1.165, 1.54) is 6.21 Å². The van der Waals surface area contributed by atoms with E-state index >= 15 is 0 Å². The molecule has 3 rings (SSSR count). The molecule has 156 valence electrons. The van der Waals surface area contributed by atoms with E-state index in [9.17, 15) is 14.4 Å². The van der Waals surface area contributed by atoms with Gasteiger partial charge in [0, 0.05) is 15.7 Å². The molecule has 2 amide bonds. The first-order valence-electron chi connectivity index (χ1n) is 8.88. The summed E-state index contributed by atoms with van der Waals surface area (Å²) in [6.45, 7) is 0. The molecule has 0 aliphatic rings. The molecule has 3 aromatic carbocycles. The van der Waals surface area contributed by atoms with Gasteiger partial charge < -0.3 is 10.1 Å². The maximum atomic E-state index is 12.1. The van der Waals surface area contributed by atoms with Gasteiger partial charge in [-0.3, -0.25) is 9.59 Å². The molecule has 31 heavy (non-hydrogen) atoms. The molecular formula is C22H15Cl2N3O4. The second kappa shape index (κ2) is 10.4. The summed E-state index contributed by atoms with van der Waals surface area (Å²) >= 11 is 11.6. The van der Waals surface area contributed by atoms with Crippen molar-refractivity contribution in [3.05, 3.63) is 94.0 Å². The summed E-state index contributed by atoms with van der Waals surface area (Å²) in [6, 6.07) is 19.1. The van der Waals surface area contributed by atoms with E-state index in [1.807, 2.05) is 0 Å². The molecule has 0 heterocycles. The number of nitrogens with one attached hydrogen (secondary N) is 2. The maximum Gasteiger partial charge on any atom is 0.343 e. The maximum absolute atomic E-state index is 12.1. The zero-order chi connectivity index (χ0) is 22.2. The molecule has 0 aliphatic carbocycles. The number of esters is 1. The van der Waals surface area contributed by atoms with Crippen LogP contribution in [0.3, 0.4) is 0 Å². The zero-order valence-corrected chi connectivity index (χ0v) is 17.4. The minimum Gasteiger partial charge on any atom is -0.423 e. The molecule has 0 saturated carbocycles. The summed E-state index contributed by atoms with van der Waals surface area (Å²) < 4.78 is 5.28. The van der Waals surface area contributed by atoms with Crippen LogP contribution in [0.4, 0.5) is 5.69 Å². The SMILES string of the molecule is O=C(N/N=C\c1ccc(OC(=O)c2ccc(Cl)cc2)cc1)C(=O)Nc1ccc(Cl)cc1. The van der Waals surface area contributed by atoms with E-state index in [-0.39, 0.29) is 0 Å². The van der Waals surface area contributed by atoms with E-state index in [1.54, 1.807) is 72.8 Å². The van der Waals surface area contributed by atoms with Gasteiger partial charge in [-0.05, 0) is 78.4 Å². The highest BCUT2D eigenvalue weighted by Crippen LogP contribution is 2.16. The Morgan fingerprint density at radius 1 is 0.774 bits per heavy atom. The van der Waals surface area contributed by atoms with Crippen molar-refractivity contribution in [1.29, 1.82) is 0 Å². The van der Waals surface area contributed by atoms with Gasteiger partial charge in [-0.15, -0.1) is 0 Å². The normalized spacial score (nSPS) is 10.5. The van der Waals surface area contributed by atoms with Crippen LogP contribution < -0.4 is 15.5 Å². The number of hydrogen-bond donors (Lipinski definition) is 2. The van der Waals surface area contributed by atoms with E-state index < -0.39 is 17.8 Å². The van der Waals surface area contributed by atoms with E-state index in [0.29, 0.717) is 32.6 Å². The number of halogens is 2. The lowest BCUT2D eigenvalue weighted by atomic mass is 10.2. The van der Waals surface area contributed by atoms with Crippen LogP contribution in [0.2, 0.25) is 10.0 Å². The fraction of sp³-hybridized carbons (Fsp3) is 0. The monoisotopic (exact) mass is 455 g/mol. The van der Waals surface area contributed by atoms with E-state index in [4.69, 9.17) is 27.9 Å². The Morgan fingerprint density at radius 3 is 1.97 bits per heavy atom. The number of nitrogens with zero attached hydrogens (tertiary/aromatic N) is 1. The van der Waals surface area contributed by atoms with Gasteiger partial charge in [0.05, 0.1) is 11.8 Å². The van der Waals surface area contributed by atoms with Gasteiger partial charge in [-0.1, -0.05) is 23.2 Å². The summed E-state index contributed by atoms with van der Waals surface area (Å²) in [5, 5.41) is 7.19. The molecule has 7 nitrogen and oxygen atoms in total. The molecule has 0 atom stereocenters. The quantitative estimate of drug-likeness (QED) is 0.197. The summed E-state index contributed by atoms with van der Waals surface area (Å²) in [5.74, 6) is -1.98. The third-order valence-corrected chi connectivity index (χ3v) is 4.36. The van der Waals surface area contributed by atoms with Crippen molar-refractivity contribution >= 4 is 52.9 Å². The van der Waals surface area contributed by atoms with Crippen LogP contribution in [0.5, 0.6) is 5.75 Å². The van der Waals surface area contributed by atoms with Gasteiger partial charge in [0.25, 0.3) is 0 Å². The molecule has 0 saturated heterocycles. The third kappa shape index (κ3) is 6.67. The Kier molecular flexibility index (Phi) is 7.37. The van der Waals surface area contributed by atoms with Crippen molar-refractivity contribution in [2.24, 2.45) is 5.10 Å². The van der Waals surface area contributed by atoms with Crippen LogP contribution in [0.1, 0.15) is 15.9 Å². The Hall–Kier alpha value is -3.68. The van der Waals surface area contributed by atoms with Gasteiger partial charge >= 0.3 is 17.8 Å². The standard InChI is InChI=1S/C22H15Cl2N3O4/c23-16-5-3-15(4-6-16)22(30)31-19-11-1-14(2-12-19)13-25-27-21(29)20(28)26-18-9-7-17(24)8-10-18/h1-13H,(H,26,28)(H,27,29)/b25-13-. The number of rotatable bonds is 5. The number of carbonyl (C=O) groups excluding carboxylic acids is 3. The molecule has 2 N–H and O–H groups in total. The molecule has 3 aromatic rings. The largest absolute Gasteiger partial charge is 0.423 e. The Balaban J connectivity index is 1.50. The van der Waals surface area contributed by atoms with Gasteiger partial charge in [0.2, 0.25) is 0 Å². The number of carbonyl (C=O) groups is 3. The lowest BCUT2D eigenvalue weighted by molar-refractivity contribution is -0.136. The van der Waals surface area contributed by atoms with Crippen LogP contribution in [0, 0.1) is 0 Å². The predicted molar refractivity (Wildman–Crippen MR) is 119 cm³/mol. The molecule has 0 fully saturated rings. The molecule has 0 spiro atoms. The smallest absolute Gasteiger partial charge is 0.343 e. The highest BCUT2D eigenvalue weighted by Gasteiger charge is 2.12. The summed E-state index contributed by atoms with van der Waals surface area (Å²) in [4.78, 5) is 35.7. The molecule has 0 aliphatic heterocycles. The molecule has 0 radical (unpaired) electrons. The van der Waals surface area contributed by atoms with Crippen molar-refractivity contribution < 1.29 is 19.1 Å². The number of ether oxygens (including phenoxy) is 1. The van der Waals surface area contributed by atoms with Crippen LogP contribution in [0.15, 0.2) is 77.9 Å². The minimum atomic E-state index is -0.931. The third-order valence-electron chi connectivity index (χ3n) is 3.86. The van der Waals surface area contributed by atoms with Gasteiger partial charge in [-0.25, -0.2) is 10.2 Å². The van der Waals surface area contributed by atoms with E-state index in [2.05, 4.69) is 15.8 Å². The second-order valence-corrected chi connectivity index (χ2v) is 7.00. The fourth-order valence-corrected chi connectivity index (χ4v) is 2.56. The minimum absolute atomic E-state index is 0.337. The summed E-state index contributed by atoms with van der Waals surface area (Å²) in [7, 11) is 0. The molecule has 0 bridgehead atoms. The fourth-order valence-electron chi connectivity index (χ4n) is 2.31. The Labute approximate surface area is 187 Å². The molecule has 0 unspecified atom stereocenters. The van der Waals surface area contributed by atoms with Crippen LogP contribution in [-0.2, 0) is 9.59 Å². The zero-order valence-electron chi connectivity index (χ0n) is 15.8. The lowest BCUT2D eigenvalue weighted by Crippen LogP contribution is -2.32. The predicted octanol–water partition coefficient (Wildman–Crippen LogP) is 4.30. The Bertz CT molecular complexity index is 1110. The van der Waals surface area contributed by atoms with Crippen molar-refractivity contribution in [1.82, 2.24) is 5.43 Å². The molecular weight excluding hydrogens is 441 g/mol. The average molecular weight is 456 g/mol. The van der Waals surface area contributed by atoms with Gasteiger partial charge in [0.15, 0.2) is 0 Å². The highest BCUT2D eigenvalue weighted by atomic mass is 35.5. The lowest BCUT2D eigenvalue weighted by Gasteiger charge is -2.05. The van der Waals surface area contributed by atoms with Crippen molar-refractivity contribution in [3.63, 3.8) is 0 Å². The van der Waals surface area contributed by atoms with Gasteiger partial charge in [0.1, 0.15) is 5.75 Å². The van der Waals surface area contributed by atoms with Crippen LogP contribution >= 0.6 is 23.2 Å². The number of anilines is 1. The van der Waals surface area contributed by atoms with Crippen LogP contribution in [-0.4, -0.2) is 24.0 Å². The summed E-state index contributed by atoms with van der Waals surface area (Å²) in [6.07, 6.45) is 1.35.